The lowest BCUT2D eigenvalue weighted by Gasteiger charge is -2.18. The van der Waals surface area contributed by atoms with Crippen molar-refractivity contribution in [2.75, 3.05) is 13.2 Å². The first kappa shape index (κ1) is 15.7. The summed E-state index contributed by atoms with van der Waals surface area (Å²) in [4.78, 5) is 0. The van der Waals surface area contributed by atoms with Crippen LogP contribution in [-0.4, -0.2) is 19.3 Å². The van der Waals surface area contributed by atoms with E-state index >= 15 is 0 Å². The van der Waals surface area contributed by atoms with Gasteiger partial charge in [0.1, 0.15) is 23.6 Å². The van der Waals surface area contributed by atoms with E-state index in [1.54, 1.807) is 0 Å². The van der Waals surface area contributed by atoms with Crippen molar-refractivity contribution in [2.24, 2.45) is 5.92 Å². The van der Waals surface area contributed by atoms with E-state index < -0.39 is 0 Å². The van der Waals surface area contributed by atoms with Gasteiger partial charge in [-0.2, -0.15) is 5.26 Å². The van der Waals surface area contributed by atoms with E-state index in [-0.39, 0.29) is 12.1 Å². The summed E-state index contributed by atoms with van der Waals surface area (Å²) >= 11 is 0. The highest BCUT2D eigenvalue weighted by atomic mass is 16.5. The fourth-order valence-corrected chi connectivity index (χ4v) is 2.54. The number of benzene rings is 1. The van der Waals surface area contributed by atoms with Crippen LogP contribution in [0.25, 0.3) is 0 Å². The average Bonchev–Trinajstić information content (AvgIpc) is 2.78. The lowest BCUT2D eigenvalue weighted by atomic mass is 10.0. The van der Waals surface area contributed by atoms with E-state index in [9.17, 15) is 5.26 Å². The maximum atomic E-state index is 9.48. The molecule has 21 heavy (non-hydrogen) atoms. The highest BCUT2D eigenvalue weighted by Gasteiger charge is 2.25. The number of nitrogens with zero attached hydrogens (tertiary/aromatic N) is 1. The molecule has 0 radical (unpaired) electrons. The second-order valence-corrected chi connectivity index (χ2v) is 5.93. The van der Waals surface area contributed by atoms with Crippen LogP contribution in [0.15, 0.2) is 12.1 Å². The topological polar surface area (TPSA) is 54.3 Å². The SMILES string of the molecule is CCOc1cc2c(cc1C(C#N)NCC(C)C)OC(C)C2. The maximum Gasteiger partial charge on any atom is 0.125 e. The predicted octanol–water partition coefficient (Wildman–Crippen LogP) is 3.22. The van der Waals surface area contributed by atoms with Gasteiger partial charge in [0.2, 0.25) is 0 Å². The molecule has 0 fully saturated rings. The van der Waals surface area contributed by atoms with Crippen molar-refractivity contribution < 1.29 is 9.47 Å². The lowest BCUT2D eigenvalue weighted by Crippen LogP contribution is -2.25. The van der Waals surface area contributed by atoms with Crippen molar-refractivity contribution in [2.45, 2.75) is 46.3 Å². The molecule has 1 aromatic carbocycles. The maximum absolute atomic E-state index is 9.48. The molecule has 0 amide bonds. The van der Waals surface area contributed by atoms with Crippen molar-refractivity contribution in [3.63, 3.8) is 0 Å². The van der Waals surface area contributed by atoms with Gasteiger partial charge in [0.15, 0.2) is 0 Å². The monoisotopic (exact) mass is 288 g/mol. The minimum Gasteiger partial charge on any atom is -0.493 e. The summed E-state index contributed by atoms with van der Waals surface area (Å²) in [6.45, 7) is 9.64. The Bertz CT molecular complexity index is 534. The smallest absolute Gasteiger partial charge is 0.125 e. The molecule has 1 aromatic rings. The molecule has 0 aromatic heterocycles. The van der Waals surface area contributed by atoms with Crippen molar-refractivity contribution in [3.8, 4) is 17.6 Å². The van der Waals surface area contributed by atoms with E-state index in [4.69, 9.17) is 9.47 Å². The third-order valence-corrected chi connectivity index (χ3v) is 3.50. The molecule has 1 N–H and O–H groups in total. The van der Waals surface area contributed by atoms with Gasteiger partial charge in [-0.05, 0) is 38.4 Å². The van der Waals surface area contributed by atoms with Crippen molar-refractivity contribution >= 4 is 0 Å². The molecule has 0 saturated heterocycles. The summed E-state index contributed by atoms with van der Waals surface area (Å²) in [5.41, 5.74) is 2.03. The fourth-order valence-electron chi connectivity index (χ4n) is 2.54. The molecule has 0 saturated carbocycles. The molecule has 114 valence electrons. The summed E-state index contributed by atoms with van der Waals surface area (Å²) in [6, 6.07) is 5.94. The largest absolute Gasteiger partial charge is 0.493 e. The Kier molecular flexibility index (Phi) is 5.08. The highest BCUT2D eigenvalue weighted by Crippen LogP contribution is 2.37. The number of rotatable bonds is 6. The van der Waals surface area contributed by atoms with Crippen LogP contribution in [0.4, 0.5) is 0 Å². The second kappa shape index (κ2) is 6.82. The average molecular weight is 288 g/mol. The van der Waals surface area contributed by atoms with Gasteiger partial charge < -0.3 is 9.47 Å². The zero-order chi connectivity index (χ0) is 15.4. The Labute approximate surface area is 127 Å². The van der Waals surface area contributed by atoms with Crippen molar-refractivity contribution in [3.05, 3.63) is 23.3 Å². The molecular weight excluding hydrogens is 264 g/mol. The number of ether oxygens (including phenoxy) is 2. The van der Waals surface area contributed by atoms with Crippen LogP contribution < -0.4 is 14.8 Å². The molecule has 1 aliphatic heterocycles. The molecule has 2 rings (SSSR count). The zero-order valence-electron chi connectivity index (χ0n) is 13.3. The van der Waals surface area contributed by atoms with Crippen LogP contribution in [0, 0.1) is 17.2 Å². The molecule has 0 aliphatic carbocycles. The van der Waals surface area contributed by atoms with Gasteiger partial charge in [0, 0.05) is 17.5 Å². The molecule has 2 unspecified atom stereocenters. The number of fused-ring (bicyclic) bond motifs is 1. The molecule has 2 atom stereocenters. The molecule has 4 heteroatoms. The summed E-state index contributed by atoms with van der Waals surface area (Å²) in [5, 5.41) is 12.8. The summed E-state index contributed by atoms with van der Waals surface area (Å²) < 4.78 is 11.5. The van der Waals surface area contributed by atoms with E-state index in [0.717, 1.165) is 35.6 Å². The van der Waals surface area contributed by atoms with E-state index in [0.29, 0.717) is 12.5 Å². The molecule has 4 nitrogen and oxygen atoms in total. The van der Waals surface area contributed by atoms with Gasteiger partial charge in [0.25, 0.3) is 0 Å². The predicted molar refractivity (Wildman–Crippen MR) is 82.6 cm³/mol. The Morgan fingerprint density at radius 3 is 2.86 bits per heavy atom. The number of nitrogens with one attached hydrogen (secondary N) is 1. The van der Waals surface area contributed by atoms with Gasteiger partial charge in [-0.25, -0.2) is 0 Å². The summed E-state index contributed by atoms with van der Waals surface area (Å²) in [7, 11) is 0. The van der Waals surface area contributed by atoms with Gasteiger partial charge in [0.05, 0.1) is 12.7 Å². The van der Waals surface area contributed by atoms with Gasteiger partial charge in [-0.1, -0.05) is 13.8 Å². The first-order valence-electron chi connectivity index (χ1n) is 7.64. The summed E-state index contributed by atoms with van der Waals surface area (Å²) in [6.07, 6.45) is 1.08. The minimum atomic E-state index is -0.376. The third-order valence-electron chi connectivity index (χ3n) is 3.50. The van der Waals surface area contributed by atoms with Crippen molar-refractivity contribution in [1.82, 2.24) is 5.32 Å². The zero-order valence-corrected chi connectivity index (χ0v) is 13.3. The number of nitriles is 1. The first-order chi connectivity index (χ1) is 10.0. The standard InChI is InChI=1S/C17H24N2O2/c1-5-20-17-7-13-6-12(4)21-16(13)8-14(17)15(9-18)19-10-11(2)3/h7-8,11-12,15,19H,5-6,10H2,1-4H3. The molecule has 1 aliphatic rings. The van der Waals surface area contributed by atoms with Crippen LogP contribution >= 0.6 is 0 Å². The van der Waals surface area contributed by atoms with Crippen LogP contribution in [0.2, 0.25) is 0 Å². The first-order valence-corrected chi connectivity index (χ1v) is 7.64. The third kappa shape index (κ3) is 3.68. The molecule has 0 spiro atoms. The highest BCUT2D eigenvalue weighted by molar-refractivity contribution is 5.51. The van der Waals surface area contributed by atoms with E-state index in [2.05, 4.69) is 32.2 Å². The number of hydrogen-bond acceptors (Lipinski definition) is 4. The van der Waals surface area contributed by atoms with Crippen LogP contribution in [0.1, 0.15) is 44.9 Å². The minimum absolute atomic E-state index is 0.189. The van der Waals surface area contributed by atoms with E-state index in [1.807, 2.05) is 19.1 Å². The Balaban J connectivity index is 2.32. The number of hydrogen-bond donors (Lipinski definition) is 1. The van der Waals surface area contributed by atoms with Gasteiger partial charge in [-0.15, -0.1) is 0 Å². The van der Waals surface area contributed by atoms with Crippen molar-refractivity contribution in [1.29, 1.82) is 5.26 Å². The molecular formula is C17H24N2O2. The molecule has 1 heterocycles. The summed E-state index contributed by atoms with van der Waals surface area (Å²) in [5.74, 6) is 2.16. The Hall–Kier alpha value is -1.73. The van der Waals surface area contributed by atoms with Crippen LogP contribution in [-0.2, 0) is 6.42 Å². The van der Waals surface area contributed by atoms with Gasteiger partial charge in [-0.3, -0.25) is 5.32 Å². The quantitative estimate of drug-likeness (QED) is 0.873. The second-order valence-electron chi connectivity index (χ2n) is 5.93. The fraction of sp³-hybridized carbons (Fsp3) is 0.588. The van der Waals surface area contributed by atoms with Gasteiger partial charge >= 0.3 is 0 Å². The van der Waals surface area contributed by atoms with Crippen LogP contribution in [0.5, 0.6) is 11.5 Å². The lowest BCUT2D eigenvalue weighted by molar-refractivity contribution is 0.254. The Morgan fingerprint density at radius 1 is 1.48 bits per heavy atom. The normalized spacial score (nSPS) is 18.0. The molecule has 0 bridgehead atoms. The Morgan fingerprint density at radius 2 is 2.24 bits per heavy atom. The van der Waals surface area contributed by atoms with Crippen LogP contribution in [0.3, 0.4) is 0 Å². The van der Waals surface area contributed by atoms with E-state index in [1.165, 1.54) is 0 Å².